The Morgan fingerprint density at radius 3 is 2.65 bits per heavy atom. The molecule has 0 radical (unpaired) electrons. The van der Waals surface area contributed by atoms with Gasteiger partial charge in [-0.25, -0.2) is 4.57 Å². The summed E-state index contributed by atoms with van der Waals surface area (Å²) in [6.45, 7) is 2.61. The van der Waals surface area contributed by atoms with Crippen LogP contribution < -0.4 is 9.30 Å². The summed E-state index contributed by atoms with van der Waals surface area (Å²) < 4.78 is 7.09. The molecule has 2 rings (SSSR count). The van der Waals surface area contributed by atoms with Gasteiger partial charge in [0.1, 0.15) is 5.75 Å². The van der Waals surface area contributed by atoms with Crippen molar-refractivity contribution in [1.82, 2.24) is 10.2 Å². The first-order chi connectivity index (χ1) is 8.29. The molecule has 1 aromatic carbocycles. The van der Waals surface area contributed by atoms with E-state index in [4.69, 9.17) is 4.74 Å². The van der Waals surface area contributed by atoms with Crippen LogP contribution in [0.15, 0.2) is 40.8 Å². The SMILES string of the molecule is CCOc1ccc(N=Nc2[nH]nc[n+]2C)cc1. The van der Waals surface area contributed by atoms with Crippen molar-refractivity contribution in [3.8, 4) is 5.75 Å². The highest BCUT2D eigenvalue weighted by molar-refractivity contribution is 5.40. The molecule has 0 fully saturated rings. The van der Waals surface area contributed by atoms with Gasteiger partial charge in [0.15, 0.2) is 0 Å². The average Bonchev–Trinajstić information content (AvgIpc) is 2.75. The maximum Gasteiger partial charge on any atom is 0.401 e. The fourth-order valence-corrected chi connectivity index (χ4v) is 1.28. The summed E-state index contributed by atoms with van der Waals surface area (Å²) in [5.41, 5.74) is 0.767. The zero-order valence-corrected chi connectivity index (χ0v) is 9.79. The van der Waals surface area contributed by atoms with Crippen molar-refractivity contribution >= 4 is 11.6 Å². The summed E-state index contributed by atoms with van der Waals surface area (Å²) in [5.74, 6) is 1.43. The van der Waals surface area contributed by atoms with Crippen LogP contribution in [0, 0.1) is 0 Å². The summed E-state index contributed by atoms with van der Waals surface area (Å²) in [5, 5.41) is 14.7. The quantitative estimate of drug-likeness (QED) is 0.647. The first kappa shape index (κ1) is 11.3. The van der Waals surface area contributed by atoms with E-state index >= 15 is 0 Å². The van der Waals surface area contributed by atoms with Crippen molar-refractivity contribution in [2.24, 2.45) is 17.3 Å². The number of nitrogens with one attached hydrogen (secondary N) is 1. The number of rotatable bonds is 4. The van der Waals surface area contributed by atoms with Crippen molar-refractivity contribution in [1.29, 1.82) is 0 Å². The summed E-state index contributed by atoms with van der Waals surface area (Å²) in [7, 11) is 1.84. The Kier molecular flexibility index (Phi) is 3.44. The highest BCUT2D eigenvalue weighted by Gasteiger charge is 2.04. The van der Waals surface area contributed by atoms with E-state index in [1.54, 1.807) is 10.9 Å². The molecule has 0 amide bonds. The molecule has 0 unspecified atom stereocenters. The number of aromatic nitrogens is 3. The maximum atomic E-state index is 5.34. The van der Waals surface area contributed by atoms with E-state index in [0.29, 0.717) is 12.6 Å². The second kappa shape index (κ2) is 5.20. The van der Waals surface area contributed by atoms with Crippen LogP contribution in [0.5, 0.6) is 5.75 Å². The zero-order chi connectivity index (χ0) is 12.1. The number of nitrogens with zero attached hydrogens (tertiary/aromatic N) is 4. The molecule has 0 aliphatic heterocycles. The lowest BCUT2D eigenvalue weighted by Gasteiger charge is -2.00. The number of ether oxygens (including phenoxy) is 1. The van der Waals surface area contributed by atoms with Gasteiger partial charge in [0.05, 0.1) is 19.3 Å². The summed E-state index contributed by atoms with van der Waals surface area (Å²) in [6.07, 6.45) is 1.63. The summed E-state index contributed by atoms with van der Waals surface area (Å²) in [4.78, 5) is 0. The Balaban J connectivity index is 2.09. The molecule has 1 heterocycles. The van der Waals surface area contributed by atoms with E-state index in [1.165, 1.54) is 0 Å². The zero-order valence-electron chi connectivity index (χ0n) is 9.79. The molecule has 88 valence electrons. The van der Waals surface area contributed by atoms with Gasteiger partial charge in [-0.1, -0.05) is 5.11 Å². The Hall–Kier alpha value is -2.24. The van der Waals surface area contributed by atoms with Crippen LogP contribution in [0.4, 0.5) is 11.6 Å². The van der Waals surface area contributed by atoms with Gasteiger partial charge in [-0.3, -0.25) is 0 Å². The molecule has 0 spiro atoms. The fourth-order valence-electron chi connectivity index (χ4n) is 1.28. The minimum atomic E-state index is 0.596. The van der Waals surface area contributed by atoms with Gasteiger partial charge in [0.25, 0.3) is 0 Å². The molecule has 1 N–H and O–H groups in total. The number of azo groups is 1. The first-order valence-electron chi connectivity index (χ1n) is 5.33. The smallest absolute Gasteiger partial charge is 0.401 e. The van der Waals surface area contributed by atoms with Crippen molar-refractivity contribution in [2.45, 2.75) is 6.92 Å². The normalized spacial score (nSPS) is 10.9. The molecule has 2 aromatic rings. The molecule has 0 aliphatic rings. The molecule has 6 nitrogen and oxygen atoms in total. The number of H-pyrrole nitrogens is 1. The third-order valence-corrected chi connectivity index (χ3v) is 2.14. The third-order valence-electron chi connectivity index (χ3n) is 2.14. The van der Waals surface area contributed by atoms with Crippen LogP contribution in [0.3, 0.4) is 0 Å². The van der Waals surface area contributed by atoms with Gasteiger partial charge < -0.3 is 4.74 Å². The van der Waals surface area contributed by atoms with Gasteiger partial charge in [0, 0.05) is 5.11 Å². The van der Waals surface area contributed by atoms with Crippen molar-refractivity contribution in [2.75, 3.05) is 6.61 Å². The van der Waals surface area contributed by atoms with Crippen molar-refractivity contribution in [3.63, 3.8) is 0 Å². The second-order valence-corrected chi connectivity index (χ2v) is 3.42. The van der Waals surface area contributed by atoms with Gasteiger partial charge in [0.2, 0.25) is 6.33 Å². The van der Waals surface area contributed by atoms with Crippen LogP contribution >= 0.6 is 0 Å². The molecule has 6 heteroatoms. The van der Waals surface area contributed by atoms with Gasteiger partial charge in [-0.15, -0.1) is 5.10 Å². The Morgan fingerprint density at radius 1 is 1.29 bits per heavy atom. The first-order valence-corrected chi connectivity index (χ1v) is 5.33. The molecule has 0 saturated carbocycles. The predicted octanol–water partition coefficient (Wildman–Crippen LogP) is 2.05. The monoisotopic (exact) mass is 232 g/mol. The van der Waals surface area contributed by atoms with Crippen LogP contribution in [0.2, 0.25) is 0 Å². The standard InChI is InChI=1S/C11H13N5O/c1-3-17-10-6-4-9(5-7-10)13-15-11-14-12-8-16(11)2/h4-8H,3H2,1-2H3/p+1. The number of hydrogen-bond acceptors (Lipinski definition) is 4. The lowest BCUT2D eigenvalue weighted by atomic mass is 10.3. The summed E-state index contributed by atoms with van der Waals surface area (Å²) in [6, 6.07) is 7.44. The third kappa shape index (κ3) is 2.87. The van der Waals surface area contributed by atoms with Gasteiger partial charge >= 0.3 is 5.95 Å². The number of benzene rings is 1. The molecule has 0 saturated heterocycles. The molecule has 1 aromatic heterocycles. The highest BCUT2D eigenvalue weighted by Crippen LogP contribution is 2.19. The Labute approximate surface area is 99.0 Å². The Bertz CT molecular complexity index is 503. The number of hydrogen-bond donors (Lipinski definition) is 1. The van der Waals surface area contributed by atoms with E-state index in [-0.39, 0.29) is 0 Å². The van der Waals surface area contributed by atoms with Crippen LogP contribution in [-0.4, -0.2) is 16.8 Å². The van der Waals surface area contributed by atoms with Crippen molar-refractivity contribution in [3.05, 3.63) is 30.6 Å². The van der Waals surface area contributed by atoms with Crippen LogP contribution in [0.1, 0.15) is 6.92 Å². The van der Waals surface area contributed by atoms with E-state index in [2.05, 4.69) is 20.4 Å². The minimum Gasteiger partial charge on any atom is -0.494 e. The fraction of sp³-hybridized carbons (Fsp3) is 0.273. The number of aromatic amines is 1. The van der Waals surface area contributed by atoms with E-state index in [9.17, 15) is 0 Å². The van der Waals surface area contributed by atoms with Gasteiger partial charge in [-0.05, 0) is 36.3 Å². The van der Waals surface area contributed by atoms with Crippen LogP contribution in [-0.2, 0) is 7.05 Å². The number of aryl methyl sites for hydroxylation is 1. The second-order valence-electron chi connectivity index (χ2n) is 3.42. The van der Waals surface area contributed by atoms with E-state index < -0.39 is 0 Å². The maximum absolute atomic E-state index is 5.34. The van der Waals surface area contributed by atoms with Crippen molar-refractivity contribution < 1.29 is 9.30 Å². The lowest BCUT2D eigenvalue weighted by molar-refractivity contribution is -0.658. The van der Waals surface area contributed by atoms with E-state index in [1.807, 2.05) is 38.2 Å². The molecular weight excluding hydrogens is 218 g/mol. The van der Waals surface area contributed by atoms with E-state index in [0.717, 1.165) is 11.4 Å². The molecule has 0 atom stereocenters. The van der Waals surface area contributed by atoms with Gasteiger partial charge in [-0.2, -0.15) is 0 Å². The molecular formula is C11H14N5O+. The molecule has 0 aliphatic carbocycles. The van der Waals surface area contributed by atoms with Crippen LogP contribution in [0.25, 0.3) is 0 Å². The molecule has 0 bridgehead atoms. The largest absolute Gasteiger partial charge is 0.494 e. The molecule has 17 heavy (non-hydrogen) atoms. The topological polar surface area (TPSA) is 66.5 Å². The minimum absolute atomic E-state index is 0.596. The average molecular weight is 232 g/mol. The summed E-state index contributed by atoms with van der Waals surface area (Å²) >= 11 is 0. The highest BCUT2D eigenvalue weighted by atomic mass is 16.5. The Morgan fingerprint density at radius 2 is 2.06 bits per heavy atom. The lowest BCUT2D eigenvalue weighted by Crippen LogP contribution is -2.24. The predicted molar refractivity (Wildman–Crippen MR) is 61.6 cm³/mol.